The predicted octanol–water partition coefficient (Wildman–Crippen LogP) is 5.28. The molecule has 0 bridgehead atoms. The van der Waals surface area contributed by atoms with E-state index in [9.17, 15) is 13.2 Å². The molecule has 108 valence electrons. The summed E-state index contributed by atoms with van der Waals surface area (Å²) in [6, 6.07) is 2.09. The zero-order valence-electron chi connectivity index (χ0n) is 10.6. The summed E-state index contributed by atoms with van der Waals surface area (Å²) in [6.07, 6.45) is -2.07. The van der Waals surface area contributed by atoms with Gasteiger partial charge in [0.25, 0.3) is 0 Å². The highest BCUT2D eigenvalue weighted by molar-refractivity contribution is 9.10. The van der Waals surface area contributed by atoms with Crippen molar-refractivity contribution in [2.75, 3.05) is 0 Å². The van der Waals surface area contributed by atoms with Gasteiger partial charge in [0.2, 0.25) is 0 Å². The van der Waals surface area contributed by atoms with Gasteiger partial charge in [0.15, 0.2) is 0 Å². The van der Waals surface area contributed by atoms with Crippen molar-refractivity contribution in [2.24, 2.45) is 5.92 Å². The summed E-state index contributed by atoms with van der Waals surface area (Å²) in [5.41, 5.74) is 0. The fourth-order valence-corrected chi connectivity index (χ4v) is 4.09. The van der Waals surface area contributed by atoms with Gasteiger partial charge in [-0.05, 0) is 48.2 Å². The second-order valence-corrected chi connectivity index (χ2v) is 7.02. The minimum atomic E-state index is -4.05. The van der Waals surface area contributed by atoms with Gasteiger partial charge >= 0.3 is 6.18 Å². The van der Waals surface area contributed by atoms with E-state index in [1.807, 2.05) is 18.4 Å². The molecule has 0 spiro atoms. The third-order valence-corrected chi connectivity index (χ3v) is 5.51. The first-order chi connectivity index (χ1) is 8.86. The third-order valence-electron chi connectivity index (χ3n) is 3.64. The van der Waals surface area contributed by atoms with Crippen LogP contribution in [-0.4, -0.2) is 12.2 Å². The van der Waals surface area contributed by atoms with Gasteiger partial charge in [-0.15, -0.1) is 11.3 Å². The average molecular weight is 356 g/mol. The number of alkyl halides is 3. The molecule has 2 rings (SSSR count). The van der Waals surface area contributed by atoms with E-state index < -0.39 is 12.1 Å². The standard InChI is InChI=1S/C13H17BrF3NS/c1-8(12-6-10(14)7-19-12)18-11-4-2-3-9(5-11)13(15,16)17/h6-9,11,18H,2-5H2,1H3. The summed E-state index contributed by atoms with van der Waals surface area (Å²) in [4.78, 5) is 1.15. The lowest BCUT2D eigenvalue weighted by Gasteiger charge is -2.32. The fourth-order valence-electron chi connectivity index (χ4n) is 2.63. The van der Waals surface area contributed by atoms with E-state index in [0.717, 1.165) is 15.8 Å². The number of nitrogens with one attached hydrogen (secondary N) is 1. The topological polar surface area (TPSA) is 12.0 Å². The molecule has 0 saturated heterocycles. The van der Waals surface area contributed by atoms with Crippen LogP contribution in [0.5, 0.6) is 0 Å². The van der Waals surface area contributed by atoms with Crippen molar-refractivity contribution in [1.29, 1.82) is 0 Å². The van der Waals surface area contributed by atoms with Gasteiger partial charge in [-0.2, -0.15) is 13.2 Å². The molecule has 0 radical (unpaired) electrons. The van der Waals surface area contributed by atoms with Crippen LogP contribution < -0.4 is 5.32 Å². The summed E-state index contributed by atoms with van der Waals surface area (Å²) < 4.78 is 39.3. The highest BCUT2D eigenvalue weighted by Gasteiger charge is 2.42. The molecule has 0 aromatic carbocycles. The Morgan fingerprint density at radius 2 is 2.16 bits per heavy atom. The highest BCUT2D eigenvalue weighted by Crippen LogP contribution is 2.38. The molecule has 1 aromatic heterocycles. The summed E-state index contributed by atoms with van der Waals surface area (Å²) in [7, 11) is 0. The molecule has 1 fully saturated rings. The molecule has 1 aliphatic carbocycles. The Morgan fingerprint density at radius 1 is 1.42 bits per heavy atom. The van der Waals surface area contributed by atoms with Crippen LogP contribution in [0.4, 0.5) is 13.2 Å². The van der Waals surface area contributed by atoms with Crippen molar-refractivity contribution in [3.05, 3.63) is 20.8 Å². The lowest BCUT2D eigenvalue weighted by atomic mass is 9.85. The van der Waals surface area contributed by atoms with Crippen molar-refractivity contribution in [3.63, 3.8) is 0 Å². The Morgan fingerprint density at radius 3 is 2.74 bits per heavy atom. The van der Waals surface area contributed by atoms with Crippen molar-refractivity contribution >= 4 is 27.3 Å². The molecular formula is C13H17BrF3NS. The Balaban J connectivity index is 1.92. The zero-order chi connectivity index (χ0) is 14.0. The number of halogens is 4. The SMILES string of the molecule is CC(NC1CCCC(C(F)(F)F)C1)c1cc(Br)cs1. The third kappa shape index (κ3) is 4.20. The van der Waals surface area contributed by atoms with Crippen LogP contribution in [0.2, 0.25) is 0 Å². The molecular weight excluding hydrogens is 339 g/mol. The molecule has 6 heteroatoms. The number of hydrogen-bond donors (Lipinski definition) is 1. The van der Waals surface area contributed by atoms with Gasteiger partial charge in [-0.3, -0.25) is 0 Å². The van der Waals surface area contributed by atoms with Gasteiger partial charge in [-0.1, -0.05) is 6.42 Å². The average Bonchev–Trinajstić information content (AvgIpc) is 2.75. The highest BCUT2D eigenvalue weighted by atomic mass is 79.9. The lowest BCUT2D eigenvalue weighted by Crippen LogP contribution is -2.39. The van der Waals surface area contributed by atoms with Crippen molar-refractivity contribution in [1.82, 2.24) is 5.32 Å². The first-order valence-electron chi connectivity index (χ1n) is 6.43. The van der Waals surface area contributed by atoms with Crippen molar-refractivity contribution < 1.29 is 13.2 Å². The van der Waals surface area contributed by atoms with E-state index in [0.29, 0.717) is 6.42 Å². The Hall–Kier alpha value is -0.0700. The first kappa shape index (κ1) is 15.3. The largest absolute Gasteiger partial charge is 0.391 e. The summed E-state index contributed by atoms with van der Waals surface area (Å²) in [6.45, 7) is 2.01. The molecule has 1 aromatic rings. The molecule has 1 N–H and O–H groups in total. The molecule has 19 heavy (non-hydrogen) atoms. The van der Waals surface area contributed by atoms with E-state index >= 15 is 0 Å². The molecule has 1 saturated carbocycles. The van der Waals surface area contributed by atoms with Gasteiger partial charge in [0.05, 0.1) is 5.92 Å². The Kier molecular flexibility index (Phi) is 4.95. The van der Waals surface area contributed by atoms with Gasteiger partial charge in [-0.25, -0.2) is 0 Å². The maximum absolute atomic E-state index is 12.7. The molecule has 1 heterocycles. The number of thiophene rings is 1. The molecule has 0 amide bonds. The first-order valence-corrected chi connectivity index (χ1v) is 8.10. The maximum Gasteiger partial charge on any atom is 0.391 e. The van der Waals surface area contributed by atoms with E-state index in [4.69, 9.17) is 0 Å². The van der Waals surface area contributed by atoms with Gasteiger partial charge in [0.1, 0.15) is 0 Å². The quantitative estimate of drug-likeness (QED) is 0.777. The molecule has 3 atom stereocenters. The van der Waals surface area contributed by atoms with E-state index in [2.05, 4.69) is 21.2 Å². The lowest BCUT2D eigenvalue weighted by molar-refractivity contribution is -0.183. The van der Waals surface area contributed by atoms with Crippen LogP contribution >= 0.6 is 27.3 Å². The molecule has 3 unspecified atom stereocenters. The second kappa shape index (κ2) is 6.14. The van der Waals surface area contributed by atoms with E-state index in [1.54, 1.807) is 11.3 Å². The summed E-state index contributed by atoms with van der Waals surface area (Å²) in [5.74, 6) is -1.14. The van der Waals surface area contributed by atoms with Crippen LogP contribution in [0.1, 0.15) is 43.5 Å². The molecule has 1 nitrogen and oxygen atoms in total. The van der Waals surface area contributed by atoms with Crippen molar-refractivity contribution in [2.45, 2.75) is 50.9 Å². The van der Waals surface area contributed by atoms with E-state index in [-0.39, 0.29) is 24.9 Å². The minimum Gasteiger partial charge on any atom is -0.307 e. The van der Waals surface area contributed by atoms with Crippen molar-refractivity contribution in [3.8, 4) is 0 Å². The number of rotatable bonds is 3. The normalized spacial score (nSPS) is 26.4. The van der Waals surface area contributed by atoms with Crippen LogP contribution in [0, 0.1) is 5.92 Å². The maximum atomic E-state index is 12.7. The predicted molar refractivity (Wildman–Crippen MR) is 75.4 cm³/mol. The van der Waals surface area contributed by atoms with Gasteiger partial charge < -0.3 is 5.32 Å². The zero-order valence-corrected chi connectivity index (χ0v) is 13.0. The van der Waals surface area contributed by atoms with Crippen LogP contribution in [0.3, 0.4) is 0 Å². The van der Waals surface area contributed by atoms with E-state index in [1.165, 1.54) is 0 Å². The summed E-state index contributed by atoms with van der Waals surface area (Å²) >= 11 is 5.02. The summed E-state index contributed by atoms with van der Waals surface area (Å²) in [5, 5.41) is 5.33. The Bertz CT molecular complexity index is 418. The molecule has 0 aliphatic heterocycles. The van der Waals surface area contributed by atoms with Crippen LogP contribution in [-0.2, 0) is 0 Å². The molecule has 1 aliphatic rings. The van der Waals surface area contributed by atoms with Crippen LogP contribution in [0.25, 0.3) is 0 Å². The monoisotopic (exact) mass is 355 g/mol. The number of hydrogen-bond acceptors (Lipinski definition) is 2. The minimum absolute atomic E-state index is 0.0312. The second-order valence-electron chi connectivity index (χ2n) is 5.16. The Labute approximate surface area is 123 Å². The van der Waals surface area contributed by atoms with Crippen LogP contribution in [0.15, 0.2) is 15.9 Å². The fraction of sp³-hybridized carbons (Fsp3) is 0.692. The van der Waals surface area contributed by atoms with Gasteiger partial charge in [0, 0.05) is 26.8 Å². The smallest absolute Gasteiger partial charge is 0.307 e.